The van der Waals surface area contributed by atoms with Crippen LogP contribution in [0, 0.1) is 0 Å². The van der Waals surface area contributed by atoms with Gasteiger partial charge in [-0.15, -0.1) is 0 Å². The molecular weight excluding hydrogens is 511 g/mol. The summed E-state index contributed by atoms with van der Waals surface area (Å²) in [4.78, 5) is 39.4. The quantitative estimate of drug-likeness (QED) is 0.421. The van der Waals surface area contributed by atoms with Crippen LogP contribution in [-0.2, 0) is 16.2 Å². The SMILES string of the molecule is N[C@@H]1CCCC[C@H]1N1C(=O)c2ccccc2[C@H](C(=O)NOCc2ccccn2)[C@H]1c1ccc(Cl)cc1Cl. The summed E-state index contributed by atoms with van der Waals surface area (Å²) in [5, 5.41) is 0.850. The number of rotatable bonds is 6. The lowest BCUT2D eigenvalue weighted by molar-refractivity contribution is -0.138. The first-order chi connectivity index (χ1) is 18.0. The van der Waals surface area contributed by atoms with E-state index in [0.717, 1.165) is 25.7 Å². The first-order valence-electron chi connectivity index (χ1n) is 12.4. The second kappa shape index (κ2) is 11.2. The molecule has 3 N–H and O–H groups in total. The maximum atomic E-state index is 14.0. The van der Waals surface area contributed by atoms with E-state index in [1.165, 1.54) is 0 Å². The normalized spacial score (nSPS) is 23.4. The highest BCUT2D eigenvalue weighted by Crippen LogP contribution is 2.47. The molecule has 1 aromatic heterocycles. The summed E-state index contributed by atoms with van der Waals surface area (Å²) in [5.41, 5.74) is 11.6. The van der Waals surface area contributed by atoms with Crippen LogP contribution >= 0.6 is 23.2 Å². The fraction of sp³-hybridized carbons (Fsp3) is 0.321. The van der Waals surface area contributed by atoms with E-state index in [4.69, 9.17) is 33.8 Å². The number of aromatic nitrogens is 1. The number of hydrogen-bond acceptors (Lipinski definition) is 5. The van der Waals surface area contributed by atoms with Gasteiger partial charge in [-0.25, -0.2) is 5.48 Å². The molecule has 0 spiro atoms. The van der Waals surface area contributed by atoms with Crippen molar-refractivity contribution in [2.75, 3.05) is 0 Å². The lowest BCUT2D eigenvalue weighted by atomic mass is 9.76. The molecule has 2 aliphatic rings. The van der Waals surface area contributed by atoms with Gasteiger partial charge in [0.25, 0.3) is 11.8 Å². The third-order valence-electron chi connectivity index (χ3n) is 7.20. The molecule has 0 unspecified atom stereocenters. The van der Waals surface area contributed by atoms with E-state index in [1.807, 2.05) is 30.3 Å². The van der Waals surface area contributed by atoms with E-state index in [9.17, 15) is 9.59 Å². The maximum absolute atomic E-state index is 14.0. The largest absolute Gasteiger partial charge is 0.326 e. The van der Waals surface area contributed by atoms with Gasteiger partial charge < -0.3 is 10.6 Å². The van der Waals surface area contributed by atoms with Gasteiger partial charge >= 0.3 is 0 Å². The van der Waals surface area contributed by atoms with Crippen LogP contribution in [0.25, 0.3) is 0 Å². The Morgan fingerprint density at radius 2 is 1.84 bits per heavy atom. The molecule has 0 saturated heterocycles. The van der Waals surface area contributed by atoms with Crippen molar-refractivity contribution in [2.24, 2.45) is 5.73 Å². The first-order valence-corrected chi connectivity index (χ1v) is 13.1. The molecule has 5 rings (SSSR count). The molecule has 4 atom stereocenters. The second-order valence-corrected chi connectivity index (χ2v) is 10.3. The Morgan fingerprint density at radius 3 is 2.59 bits per heavy atom. The van der Waals surface area contributed by atoms with Crippen molar-refractivity contribution in [3.63, 3.8) is 0 Å². The Kier molecular flexibility index (Phi) is 7.76. The summed E-state index contributed by atoms with van der Waals surface area (Å²) in [7, 11) is 0. The number of benzene rings is 2. The highest BCUT2D eigenvalue weighted by Gasteiger charge is 2.48. The smallest absolute Gasteiger partial charge is 0.255 e. The van der Waals surface area contributed by atoms with E-state index in [0.29, 0.717) is 32.4 Å². The van der Waals surface area contributed by atoms with Crippen LogP contribution in [0.15, 0.2) is 66.9 Å². The number of fused-ring (bicyclic) bond motifs is 1. The van der Waals surface area contributed by atoms with Crippen molar-refractivity contribution in [3.05, 3.63) is 99.3 Å². The molecule has 1 aliphatic heterocycles. The summed E-state index contributed by atoms with van der Waals surface area (Å²) >= 11 is 12.9. The number of hydroxylamine groups is 1. The molecule has 7 nitrogen and oxygen atoms in total. The maximum Gasteiger partial charge on any atom is 0.255 e. The standard InChI is InChI=1S/C28H28Cl2N4O3/c29-17-12-13-21(22(30)15-17)26-25(27(35)33-37-16-18-7-5-6-14-32-18)19-8-1-2-9-20(19)28(36)34(26)24-11-4-3-10-23(24)31/h1-2,5-9,12-15,23-26H,3-4,10-11,16,31H2,(H,33,35)/t23-,24-,25+,26-/m1/s1. The molecule has 1 fully saturated rings. The minimum absolute atomic E-state index is 0.101. The van der Waals surface area contributed by atoms with Crippen molar-refractivity contribution >= 4 is 35.0 Å². The fourth-order valence-corrected chi connectivity index (χ4v) is 6.01. The molecule has 1 saturated carbocycles. The van der Waals surface area contributed by atoms with E-state index in [2.05, 4.69) is 10.5 Å². The van der Waals surface area contributed by atoms with Gasteiger partial charge in [0, 0.05) is 33.9 Å². The van der Waals surface area contributed by atoms with Gasteiger partial charge in [-0.1, -0.05) is 66.4 Å². The number of amides is 2. The van der Waals surface area contributed by atoms with Crippen LogP contribution < -0.4 is 11.2 Å². The van der Waals surface area contributed by atoms with E-state index < -0.39 is 12.0 Å². The van der Waals surface area contributed by atoms with Crippen molar-refractivity contribution in [2.45, 2.75) is 56.3 Å². The fourth-order valence-electron chi connectivity index (χ4n) is 5.48. The topological polar surface area (TPSA) is 97.5 Å². The third kappa shape index (κ3) is 5.22. The van der Waals surface area contributed by atoms with Gasteiger partial charge in [0.1, 0.15) is 6.61 Å². The molecule has 1 aliphatic carbocycles. The van der Waals surface area contributed by atoms with Gasteiger partial charge in [-0.2, -0.15) is 0 Å². The first kappa shape index (κ1) is 25.7. The number of hydrogen-bond donors (Lipinski definition) is 2. The highest BCUT2D eigenvalue weighted by molar-refractivity contribution is 6.35. The zero-order chi connectivity index (χ0) is 25.9. The summed E-state index contributed by atoms with van der Waals surface area (Å²) in [6, 6.07) is 16.7. The summed E-state index contributed by atoms with van der Waals surface area (Å²) in [6.45, 7) is 0.101. The molecule has 2 amide bonds. The summed E-state index contributed by atoms with van der Waals surface area (Å²) < 4.78 is 0. The minimum Gasteiger partial charge on any atom is -0.326 e. The Balaban J connectivity index is 1.57. The van der Waals surface area contributed by atoms with Crippen molar-refractivity contribution in [1.82, 2.24) is 15.4 Å². The van der Waals surface area contributed by atoms with Gasteiger partial charge in [0.05, 0.1) is 17.7 Å². The molecular formula is C28H28Cl2N4O3. The zero-order valence-electron chi connectivity index (χ0n) is 20.1. The molecule has 3 aromatic rings. The molecule has 9 heteroatoms. The Bertz CT molecular complexity index is 1290. The van der Waals surface area contributed by atoms with Crippen molar-refractivity contribution in [1.29, 1.82) is 0 Å². The van der Waals surface area contributed by atoms with Crippen molar-refractivity contribution in [3.8, 4) is 0 Å². The molecule has 192 valence electrons. The second-order valence-electron chi connectivity index (χ2n) is 9.48. The number of halogens is 2. The lowest BCUT2D eigenvalue weighted by Crippen LogP contribution is -2.57. The van der Waals surface area contributed by atoms with Gasteiger partial charge in [-0.3, -0.25) is 19.4 Å². The Morgan fingerprint density at radius 1 is 1.05 bits per heavy atom. The highest BCUT2D eigenvalue weighted by atomic mass is 35.5. The van der Waals surface area contributed by atoms with Crippen molar-refractivity contribution < 1.29 is 14.4 Å². The summed E-state index contributed by atoms with van der Waals surface area (Å²) in [5.74, 6) is -1.33. The average molecular weight is 539 g/mol. The molecule has 2 aromatic carbocycles. The number of carbonyl (C=O) groups is 2. The molecule has 0 radical (unpaired) electrons. The van der Waals surface area contributed by atoms with Gasteiger partial charge in [0.15, 0.2) is 0 Å². The Hall–Kier alpha value is -2.97. The van der Waals surface area contributed by atoms with E-state index in [-0.39, 0.29) is 30.5 Å². The number of nitrogens with one attached hydrogen (secondary N) is 1. The number of pyridine rings is 1. The third-order valence-corrected chi connectivity index (χ3v) is 7.76. The van der Waals surface area contributed by atoms with Crippen LogP contribution in [0.1, 0.15) is 64.8 Å². The van der Waals surface area contributed by atoms with Gasteiger partial charge in [0.2, 0.25) is 0 Å². The van der Waals surface area contributed by atoms with Crippen LogP contribution in [0.2, 0.25) is 10.0 Å². The molecule has 2 heterocycles. The van der Waals surface area contributed by atoms with Crippen LogP contribution in [-0.4, -0.2) is 33.8 Å². The van der Waals surface area contributed by atoms with E-state index in [1.54, 1.807) is 41.4 Å². The average Bonchev–Trinajstić information content (AvgIpc) is 2.90. The van der Waals surface area contributed by atoms with Crippen LogP contribution in [0.4, 0.5) is 0 Å². The number of carbonyl (C=O) groups excluding carboxylic acids is 2. The van der Waals surface area contributed by atoms with Gasteiger partial charge in [-0.05, 0) is 54.3 Å². The number of nitrogens with zero attached hydrogens (tertiary/aromatic N) is 2. The lowest BCUT2D eigenvalue weighted by Gasteiger charge is -2.48. The summed E-state index contributed by atoms with van der Waals surface area (Å²) in [6.07, 6.45) is 5.18. The number of nitrogens with two attached hydrogens (primary N) is 1. The predicted molar refractivity (Wildman–Crippen MR) is 142 cm³/mol. The van der Waals surface area contributed by atoms with Crippen LogP contribution in [0.5, 0.6) is 0 Å². The molecule has 0 bridgehead atoms. The minimum atomic E-state index is -0.787. The molecule has 37 heavy (non-hydrogen) atoms. The monoisotopic (exact) mass is 538 g/mol. The van der Waals surface area contributed by atoms with Crippen LogP contribution in [0.3, 0.4) is 0 Å². The van der Waals surface area contributed by atoms with E-state index >= 15 is 0 Å². The Labute approximate surface area is 225 Å². The zero-order valence-corrected chi connectivity index (χ0v) is 21.7. The predicted octanol–water partition coefficient (Wildman–Crippen LogP) is 5.19.